The van der Waals surface area contributed by atoms with Gasteiger partial charge in [-0.1, -0.05) is 13.8 Å². The van der Waals surface area contributed by atoms with Gasteiger partial charge in [-0.3, -0.25) is 4.79 Å². The molecule has 0 aliphatic carbocycles. The van der Waals surface area contributed by atoms with Crippen molar-refractivity contribution in [2.75, 3.05) is 13.1 Å². The molecule has 1 saturated heterocycles. The van der Waals surface area contributed by atoms with Crippen molar-refractivity contribution in [3.05, 3.63) is 0 Å². The fourth-order valence-corrected chi connectivity index (χ4v) is 1.31. The summed E-state index contributed by atoms with van der Waals surface area (Å²) in [6.45, 7) is 5.36. The molecule has 3 heteroatoms. The zero-order chi connectivity index (χ0) is 8.43. The molecule has 1 unspecified atom stereocenters. The van der Waals surface area contributed by atoms with E-state index in [2.05, 4.69) is 0 Å². The van der Waals surface area contributed by atoms with E-state index in [1.54, 1.807) is 0 Å². The summed E-state index contributed by atoms with van der Waals surface area (Å²) in [6, 6.07) is 0.324. The lowest BCUT2D eigenvalue weighted by Gasteiger charge is -2.41. The molecule has 0 spiro atoms. The van der Waals surface area contributed by atoms with E-state index in [0.29, 0.717) is 12.6 Å². The van der Waals surface area contributed by atoms with E-state index in [1.807, 2.05) is 18.7 Å². The molecular formula is C8H16N2O. The average molecular weight is 156 g/mol. The molecule has 1 atom stereocenters. The largest absolute Gasteiger partial charge is 0.338 e. The van der Waals surface area contributed by atoms with E-state index in [9.17, 15) is 4.79 Å². The van der Waals surface area contributed by atoms with Crippen LogP contribution in [-0.2, 0) is 4.79 Å². The van der Waals surface area contributed by atoms with Crippen LogP contribution in [0.1, 0.15) is 20.3 Å². The minimum atomic E-state index is 0.115. The molecule has 0 bridgehead atoms. The van der Waals surface area contributed by atoms with E-state index in [-0.39, 0.29) is 11.8 Å². The highest BCUT2D eigenvalue weighted by Gasteiger charge is 2.31. The smallest absolute Gasteiger partial charge is 0.225 e. The van der Waals surface area contributed by atoms with Gasteiger partial charge in [0.25, 0.3) is 0 Å². The number of likely N-dealkylation sites (tertiary alicyclic amines) is 1. The highest BCUT2D eigenvalue weighted by Crippen LogP contribution is 2.18. The first-order chi connectivity index (χ1) is 5.16. The molecule has 11 heavy (non-hydrogen) atoms. The Morgan fingerprint density at radius 2 is 2.36 bits per heavy atom. The van der Waals surface area contributed by atoms with Gasteiger partial charge in [0.2, 0.25) is 5.91 Å². The van der Waals surface area contributed by atoms with Crippen LogP contribution < -0.4 is 5.73 Å². The summed E-state index contributed by atoms with van der Waals surface area (Å²) in [5.74, 6) is 0.357. The van der Waals surface area contributed by atoms with Crippen LogP contribution in [-0.4, -0.2) is 29.9 Å². The van der Waals surface area contributed by atoms with Gasteiger partial charge in [-0.2, -0.15) is 0 Å². The SMILES string of the molecule is CC(C)C(=O)N1CCC1CN. The minimum absolute atomic E-state index is 0.115. The maximum Gasteiger partial charge on any atom is 0.225 e. The highest BCUT2D eigenvalue weighted by atomic mass is 16.2. The van der Waals surface area contributed by atoms with Crippen molar-refractivity contribution in [3.63, 3.8) is 0 Å². The normalized spacial score (nSPS) is 23.6. The Bertz CT molecular complexity index is 154. The van der Waals surface area contributed by atoms with Gasteiger partial charge in [0, 0.05) is 25.0 Å². The number of rotatable bonds is 2. The number of hydrogen-bond donors (Lipinski definition) is 1. The Kier molecular flexibility index (Phi) is 2.49. The van der Waals surface area contributed by atoms with Crippen LogP contribution in [0.25, 0.3) is 0 Å². The molecule has 64 valence electrons. The number of nitrogens with two attached hydrogens (primary N) is 1. The first-order valence-electron chi connectivity index (χ1n) is 4.17. The average Bonchev–Trinajstić information content (AvgIpc) is 1.86. The Balaban J connectivity index is 2.42. The molecule has 0 aromatic heterocycles. The molecule has 0 aromatic carbocycles. The second kappa shape index (κ2) is 3.22. The van der Waals surface area contributed by atoms with Gasteiger partial charge in [0.15, 0.2) is 0 Å². The van der Waals surface area contributed by atoms with Crippen LogP contribution in [0.5, 0.6) is 0 Å². The Hall–Kier alpha value is -0.570. The van der Waals surface area contributed by atoms with E-state index >= 15 is 0 Å². The predicted octanol–water partition coefficient (Wildman–Crippen LogP) is 0.202. The van der Waals surface area contributed by atoms with Gasteiger partial charge in [0.1, 0.15) is 0 Å². The maximum absolute atomic E-state index is 11.4. The summed E-state index contributed by atoms with van der Waals surface area (Å²) in [4.78, 5) is 13.2. The molecule has 1 amide bonds. The Morgan fingerprint density at radius 3 is 2.64 bits per heavy atom. The van der Waals surface area contributed by atoms with Crippen molar-refractivity contribution in [1.82, 2.24) is 4.90 Å². The molecule has 0 radical (unpaired) electrons. The lowest BCUT2D eigenvalue weighted by Crippen LogP contribution is -2.55. The molecule has 0 aromatic rings. The summed E-state index contributed by atoms with van der Waals surface area (Å²) < 4.78 is 0. The van der Waals surface area contributed by atoms with Crippen LogP contribution in [0, 0.1) is 5.92 Å². The van der Waals surface area contributed by atoms with Gasteiger partial charge in [-0.15, -0.1) is 0 Å². The molecule has 2 N–H and O–H groups in total. The van der Waals surface area contributed by atoms with Crippen LogP contribution in [0.4, 0.5) is 0 Å². The molecule has 3 nitrogen and oxygen atoms in total. The number of nitrogens with zero attached hydrogens (tertiary/aromatic N) is 1. The van der Waals surface area contributed by atoms with Gasteiger partial charge >= 0.3 is 0 Å². The van der Waals surface area contributed by atoms with E-state index in [0.717, 1.165) is 13.0 Å². The second-order valence-corrected chi connectivity index (χ2v) is 3.36. The minimum Gasteiger partial charge on any atom is -0.338 e. The van der Waals surface area contributed by atoms with Crippen molar-refractivity contribution in [1.29, 1.82) is 0 Å². The van der Waals surface area contributed by atoms with Crippen molar-refractivity contribution < 1.29 is 4.79 Å². The molecule has 1 heterocycles. The van der Waals surface area contributed by atoms with Crippen molar-refractivity contribution in [2.24, 2.45) is 11.7 Å². The predicted molar refractivity (Wildman–Crippen MR) is 44.0 cm³/mol. The summed E-state index contributed by atoms with van der Waals surface area (Å²) in [5.41, 5.74) is 5.47. The molecule has 1 aliphatic rings. The van der Waals surface area contributed by atoms with Crippen LogP contribution in [0.15, 0.2) is 0 Å². The van der Waals surface area contributed by atoms with Crippen LogP contribution >= 0.6 is 0 Å². The third-order valence-corrected chi connectivity index (χ3v) is 2.19. The van der Waals surface area contributed by atoms with Crippen LogP contribution in [0.2, 0.25) is 0 Å². The molecule has 1 rings (SSSR count). The fourth-order valence-electron chi connectivity index (χ4n) is 1.31. The van der Waals surface area contributed by atoms with E-state index < -0.39 is 0 Å². The van der Waals surface area contributed by atoms with Gasteiger partial charge in [-0.25, -0.2) is 0 Å². The Labute approximate surface area is 67.5 Å². The fraction of sp³-hybridized carbons (Fsp3) is 0.875. The summed E-state index contributed by atoms with van der Waals surface area (Å²) >= 11 is 0. The topological polar surface area (TPSA) is 46.3 Å². The van der Waals surface area contributed by atoms with Crippen molar-refractivity contribution in [2.45, 2.75) is 26.3 Å². The zero-order valence-corrected chi connectivity index (χ0v) is 7.21. The molecule has 1 aliphatic heterocycles. The first-order valence-corrected chi connectivity index (χ1v) is 4.17. The number of carbonyl (C=O) groups is 1. The van der Waals surface area contributed by atoms with Gasteiger partial charge in [0.05, 0.1) is 0 Å². The summed E-state index contributed by atoms with van der Waals surface area (Å²) in [5, 5.41) is 0. The first kappa shape index (κ1) is 8.53. The second-order valence-electron chi connectivity index (χ2n) is 3.36. The third kappa shape index (κ3) is 1.53. The Morgan fingerprint density at radius 1 is 1.73 bits per heavy atom. The van der Waals surface area contributed by atoms with Gasteiger partial charge in [-0.05, 0) is 6.42 Å². The third-order valence-electron chi connectivity index (χ3n) is 2.19. The highest BCUT2D eigenvalue weighted by molar-refractivity contribution is 5.79. The maximum atomic E-state index is 11.4. The van der Waals surface area contributed by atoms with E-state index in [4.69, 9.17) is 5.73 Å². The quantitative estimate of drug-likeness (QED) is 0.621. The van der Waals surface area contributed by atoms with Gasteiger partial charge < -0.3 is 10.6 Å². The molecule has 0 saturated carbocycles. The monoisotopic (exact) mass is 156 g/mol. The van der Waals surface area contributed by atoms with Crippen molar-refractivity contribution >= 4 is 5.91 Å². The van der Waals surface area contributed by atoms with E-state index in [1.165, 1.54) is 0 Å². The number of hydrogen-bond acceptors (Lipinski definition) is 2. The lowest BCUT2D eigenvalue weighted by molar-refractivity contribution is -0.141. The van der Waals surface area contributed by atoms with Crippen LogP contribution in [0.3, 0.4) is 0 Å². The zero-order valence-electron chi connectivity index (χ0n) is 7.21. The van der Waals surface area contributed by atoms with Crippen molar-refractivity contribution in [3.8, 4) is 0 Å². The number of amides is 1. The summed E-state index contributed by atoms with van der Waals surface area (Å²) in [7, 11) is 0. The lowest BCUT2D eigenvalue weighted by atomic mass is 10.0. The molecule has 1 fully saturated rings. The summed E-state index contributed by atoms with van der Waals surface area (Å²) in [6.07, 6.45) is 1.08. The number of carbonyl (C=O) groups excluding carboxylic acids is 1. The molecular weight excluding hydrogens is 140 g/mol. The standard InChI is InChI=1S/C8H16N2O/c1-6(2)8(11)10-4-3-7(10)5-9/h6-7H,3-5,9H2,1-2H3.